The number of nitrogens with zero attached hydrogens (tertiary/aromatic N) is 1. The van der Waals surface area contributed by atoms with Crippen LogP contribution >= 0.6 is 11.8 Å². The van der Waals surface area contributed by atoms with Crippen LogP contribution in [0.25, 0.3) is 0 Å². The van der Waals surface area contributed by atoms with E-state index < -0.39 is 0 Å². The summed E-state index contributed by atoms with van der Waals surface area (Å²) in [7, 11) is 0. The van der Waals surface area contributed by atoms with Crippen LogP contribution in [0.2, 0.25) is 0 Å². The molecular weight excluding hydrogens is 192 g/mol. The highest BCUT2D eigenvalue weighted by Crippen LogP contribution is 2.25. The van der Waals surface area contributed by atoms with Gasteiger partial charge in [0, 0.05) is 30.9 Å². The fourth-order valence-electron chi connectivity index (χ4n) is 2.77. The molecule has 0 aromatic carbocycles. The Labute approximate surface area is 91.8 Å². The van der Waals surface area contributed by atoms with E-state index in [0.29, 0.717) is 0 Å². The fourth-order valence-corrected chi connectivity index (χ4v) is 3.64. The first kappa shape index (κ1) is 10.8. The smallest absolute Gasteiger partial charge is 0.0351 e. The van der Waals surface area contributed by atoms with E-state index in [0.717, 1.165) is 17.2 Å². The average Bonchev–Trinajstić information content (AvgIpc) is 2.65. The Hall–Kier alpha value is 0.270. The molecule has 2 rings (SSSR count). The van der Waals surface area contributed by atoms with E-state index in [1.54, 1.807) is 0 Å². The van der Waals surface area contributed by atoms with Crippen molar-refractivity contribution in [1.29, 1.82) is 0 Å². The van der Waals surface area contributed by atoms with Crippen molar-refractivity contribution in [3.05, 3.63) is 0 Å². The van der Waals surface area contributed by atoms with Crippen molar-refractivity contribution in [3.8, 4) is 0 Å². The lowest BCUT2D eigenvalue weighted by Gasteiger charge is -2.37. The Balaban J connectivity index is 1.92. The van der Waals surface area contributed by atoms with Crippen molar-refractivity contribution in [2.24, 2.45) is 5.92 Å². The molecule has 3 unspecified atom stereocenters. The van der Waals surface area contributed by atoms with Crippen molar-refractivity contribution >= 4 is 11.8 Å². The maximum Gasteiger partial charge on any atom is 0.0351 e. The third-order valence-electron chi connectivity index (χ3n) is 3.59. The molecule has 0 saturated carbocycles. The molecule has 2 fully saturated rings. The van der Waals surface area contributed by atoms with Crippen LogP contribution in [0.15, 0.2) is 0 Å². The van der Waals surface area contributed by atoms with Gasteiger partial charge in [0.05, 0.1) is 0 Å². The van der Waals surface area contributed by atoms with Gasteiger partial charge in [-0.3, -0.25) is 4.90 Å². The molecule has 0 radical (unpaired) electrons. The fraction of sp³-hybridized carbons (Fsp3) is 1.00. The molecule has 0 aromatic heterocycles. The Kier molecular flexibility index (Phi) is 3.74. The molecule has 2 aliphatic heterocycles. The van der Waals surface area contributed by atoms with Crippen molar-refractivity contribution in [3.63, 3.8) is 0 Å². The third kappa shape index (κ3) is 2.26. The molecule has 1 N–H and O–H groups in total. The van der Waals surface area contributed by atoms with Crippen molar-refractivity contribution < 1.29 is 0 Å². The van der Waals surface area contributed by atoms with Gasteiger partial charge < -0.3 is 5.32 Å². The lowest BCUT2D eigenvalue weighted by atomic mass is 9.98. The number of hydrogen-bond acceptors (Lipinski definition) is 3. The Morgan fingerprint density at radius 1 is 1.36 bits per heavy atom. The Morgan fingerprint density at radius 2 is 2.21 bits per heavy atom. The van der Waals surface area contributed by atoms with Gasteiger partial charge in [-0.05, 0) is 31.6 Å². The first-order valence-electron chi connectivity index (χ1n) is 5.79. The predicted octanol–water partition coefficient (Wildman–Crippen LogP) is 1.42. The second-order valence-electron chi connectivity index (χ2n) is 4.74. The Bertz CT molecular complexity index is 186. The zero-order chi connectivity index (χ0) is 9.97. The molecule has 2 nitrogen and oxygen atoms in total. The monoisotopic (exact) mass is 214 g/mol. The van der Waals surface area contributed by atoms with E-state index in [1.807, 2.05) is 11.8 Å². The average molecular weight is 214 g/mol. The molecule has 0 bridgehead atoms. The number of nitrogens with one attached hydrogen (secondary N) is 1. The van der Waals surface area contributed by atoms with E-state index in [-0.39, 0.29) is 0 Å². The van der Waals surface area contributed by atoms with Crippen LogP contribution in [0, 0.1) is 5.92 Å². The van der Waals surface area contributed by atoms with Crippen molar-refractivity contribution in [1.82, 2.24) is 10.2 Å². The number of hydrogen-bond donors (Lipinski definition) is 1. The molecule has 0 spiro atoms. The van der Waals surface area contributed by atoms with Gasteiger partial charge in [0.2, 0.25) is 0 Å². The summed E-state index contributed by atoms with van der Waals surface area (Å²) < 4.78 is 0. The summed E-state index contributed by atoms with van der Waals surface area (Å²) in [5.41, 5.74) is 0. The highest BCUT2D eigenvalue weighted by Gasteiger charge is 2.33. The van der Waals surface area contributed by atoms with Crippen LogP contribution < -0.4 is 5.32 Å². The first-order valence-corrected chi connectivity index (χ1v) is 7.07. The van der Waals surface area contributed by atoms with Crippen LogP contribution in [0.4, 0.5) is 0 Å². The predicted molar refractivity (Wildman–Crippen MR) is 63.9 cm³/mol. The molecule has 2 aliphatic rings. The van der Waals surface area contributed by atoms with Crippen molar-refractivity contribution in [2.45, 2.75) is 31.1 Å². The second-order valence-corrected chi connectivity index (χ2v) is 5.82. The minimum atomic E-state index is 0.799. The summed E-state index contributed by atoms with van der Waals surface area (Å²) in [6.07, 6.45) is 5.08. The quantitative estimate of drug-likeness (QED) is 0.748. The van der Waals surface area contributed by atoms with E-state index in [1.165, 1.54) is 39.0 Å². The third-order valence-corrected chi connectivity index (χ3v) is 4.67. The molecule has 0 aliphatic carbocycles. The van der Waals surface area contributed by atoms with Crippen LogP contribution in [0.1, 0.15) is 19.8 Å². The summed E-state index contributed by atoms with van der Waals surface area (Å²) in [4.78, 5) is 2.72. The van der Waals surface area contributed by atoms with Gasteiger partial charge in [-0.1, -0.05) is 6.92 Å². The SMILES string of the molecule is CSC1CNCC1N1CCCC(C)C1. The van der Waals surface area contributed by atoms with Crippen LogP contribution in [-0.2, 0) is 0 Å². The zero-order valence-electron chi connectivity index (χ0n) is 9.33. The van der Waals surface area contributed by atoms with E-state index in [4.69, 9.17) is 0 Å². The molecule has 2 heterocycles. The molecule has 14 heavy (non-hydrogen) atoms. The molecular formula is C11H22N2S. The number of thioether (sulfide) groups is 1. The molecule has 0 aromatic rings. The maximum absolute atomic E-state index is 3.52. The van der Waals surface area contributed by atoms with E-state index in [2.05, 4.69) is 23.4 Å². The van der Waals surface area contributed by atoms with Crippen molar-refractivity contribution in [2.75, 3.05) is 32.4 Å². The molecule has 2 saturated heterocycles. The standard InChI is InChI=1S/C11H22N2S/c1-9-4-3-5-13(8-9)10-6-12-7-11(10)14-2/h9-12H,3-8H2,1-2H3. The first-order chi connectivity index (χ1) is 6.81. The molecule has 3 heteroatoms. The molecule has 0 amide bonds. The summed E-state index contributed by atoms with van der Waals surface area (Å²) >= 11 is 2.03. The van der Waals surface area contributed by atoms with E-state index >= 15 is 0 Å². The van der Waals surface area contributed by atoms with Gasteiger partial charge in [0.25, 0.3) is 0 Å². The van der Waals surface area contributed by atoms with Crippen LogP contribution in [-0.4, -0.2) is 48.6 Å². The number of likely N-dealkylation sites (tertiary alicyclic amines) is 1. The van der Waals surface area contributed by atoms with Crippen LogP contribution in [0.5, 0.6) is 0 Å². The summed E-state index contributed by atoms with van der Waals surface area (Å²) in [5.74, 6) is 0.909. The largest absolute Gasteiger partial charge is 0.314 e. The summed E-state index contributed by atoms with van der Waals surface area (Å²) in [6.45, 7) is 7.45. The minimum Gasteiger partial charge on any atom is -0.314 e. The van der Waals surface area contributed by atoms with Gasteiger partial charge in [-0.2, -0.15) is 11.8 Å². The minimum absolute atomic E-state index is 0.799. The highest BCUT2D eigenvalue weighted by molar-refractivity contribution is 7.99. The molecule has 3 atom stereocenters. The zero-order valence-corrected chi connectivity index (χ0v) is 10.1. The van der Waals surface area contributed by atoms with Gasteiger partial charge >= 0.3 is 0 Å². The van der Waals surface area contributed by atoms with E-state index in [9.17, 15) is 0 Å². The van der Waals surface area contributed by atoms with Crippen LogP contribution in [0.3, 0.4) is 0 Å². The second kappa shape index (κ2) is 4.86. The molecule has 82 valence electrons. The normalized spacial score (nSPS) is 40.3. The lowest BCUT2D eigenvalue weighted by molar-refractivity contribution is 0.141. The van der Waals surface area contributed by atoms with Gasteiger partial charge in [-0.15, -0.1) is 0 Å². The number of rotatable bonds is 2. The summed E-state index contributed by atoms with van der Waals surface area (Å²) in [6, 6.07) is 0.799. The van der Waals surface area contributed by atoms with Gasteiger partial charge in [0.15, 0.2) is 0 Å². The maximum atomic E-state index is 3.52. The van der Waals surface area contributed by atoms with Gasteiger partial charge in [0.1, 0.15) is 0 Å². The topological polar surface area (TPSA) is 15.3 Å². The number of piperidine rings is 1. The van der Waals surface area contributed by atoms with Gasteiger partial charge in [-0.25, -0.2) is 0 Å². The highest BCUT2D eigenvalue weighted by atomic mass is 32.2. The summed E-state index contributed by atoms with van der Waals surface area (Å²) in [5, 5.41) is 4.34. The lowest BCUT2D eigenvalue weighted by Crippen LogP contribution is -2.46. The Morgan fingerprint density at radius 3 is 2.93 bits per heavy atom.